The maximum Gasteiger partial charge on any atom is 0.194 e. The van der Waals surface area contributed by atoms with Gasteiger partial charge in [0, 0.05) is 52.2 Å². The van der Waals surface area contributed by atoms with Crippen molar-refractivity contribution in [3.8, 4) is 5.69 Å². The van der Waals surface area contributed by atoms with Crippen molar-refractivity contribution in [2.75, 3.05) is 38.1 Å². The molecule has 2 aromatic heterocycles. The van der Waals surface area contributed by atoms with Crippen LogP contribution < -0.4 is 10.2 Å². The molecule has 1 saturated heterocycles. The Bertz CT molecular complexity index is 870. The predicted octanol–water partition coefficient (Wildman–Crippen LogP) is 3.45. The third-order valence-electron chi connectivity index (χ3n) is 4.79. The average molecular weight is 508 g/mol. The summed E-state index contributed by atoms with van der Waals surface area (Å²) < 4.78 is 1.90. The van der Waals surface area contributed by atoms with Gasteiger partial charge in [-0.1, -0.05) is 18.2 Å². The summed E-state index contributed by atoms with van der Waals surface area (Å²) in [6, 6.07) is 14.6. The monoisotopic (exact) mass is 508 g/mol. The summed E-state index contributed by atoms with van der Waals surface area (Å²) >= 11 is 1.81. The Morgan fingerprint density at radius 1 is 1.11 bits per heavy atom. The fraction of sp³-hybridized carbons (Fsp3) is 0.300. The van der Waals surface area contributed by atoms with E-state index in [0.29, 0.717) is 6.54 Å². The molecule has 28 heavy (non-hydrogen) atoms. The molecule has 0 aliphatic carbocycles. The molecule has 0 atom stereocenters. The number of hydrogen-bond donors (Lipinski definition) is 1. The van der Waals surface area contributed by atoms with Gasteiger partial charge in [0.05, 0.1) is 10.7 Å². The number of thiophene rings is 1. The first-order chi connectivity index (χ1) is 13.3. The van der Waals surface area contributed by atoms with E-state index in [-0.39, 0.29) is 24.0 Å². The van der Waals surface area contributed by atoms with Crippen LogP contribution in [0.25, 0.3) is 5.69 Å². The minimum Gasteiger partial charge on any atom is -0.360 e. The van der Waals surface area contributed by atoms with Crippen molar-refractivity contribution >= 4 is 46.3 Å². The topological polar surface area (TPSA) is 48.7 Å². The van der Waals surface area contributed by atoms with E-state index in [4.69, 9.17) is 0 Å². The molecule has 0 unspecified atom stereocenters. The smallest absolute Gasteiger partial charge is 0.194 e. The Hall–Kier alpha value is -2.07. The SMILES string of the molecule is CN=C(NCc1ccccc1-n1cccn1)N1CCN(c2cccs2)CC1.I. The molecule has 4 rings (SSSR count). The zero-order valence-corrected chi connectivity index (χ0v) is 19.0. The van der Waals surface area contributed by atoms with E-state index in [2.05, 4.69) is 60.9 Å². The van der Waals surface area contributed by atoms with Crippen LogP contribution in [0.15, 0.2) is 65.2 Å². The summed E-state index contributed by atoms with van der Waals surface area (Å²) in [5, 5.41) is 11.4. The van der Waals surface area contributed by atoms with Gasteiger partial charge < -0.3 is 15.1 Å². The quantitative estimate of drug-likeness (QED) is 0.333. The molecule has 1 fully saturated rings. The highest BCUT2D eigenvalue weighted by Gasteiger charge is 2.20. The number of para-hydroxylation sites is 1. The molecule has 3 heterocycles. The average Bonchev–Trinajstić information content (AvgIpc) is 3.43. The number of benzene rings is 1. The number of guanidine groups is 1. The van der Waals surface area contributed by atoms with Crippen LogP contribution in [-0.4, -0.2) is 53.9 Å². The normalized spacial score (nSPS) is 14.7. The van der Waals surface area contributed by atoms with Gasteiger partial charge in [0.15, 0.2) is 5.96 Å². The number of halogens is 1. The molecular weight excluding hydrogens is 483 g/mol. The molecule has 0 bridgehead atoms. The molecule has 6 nitrogen and oxygen atoms in total. The first-order valence-electron chi connectivity index (χ1n) is 9.17. The largest absolute Gasteiger partial charge is 0.360 e. The number of aliphatic imine (C=N–C) groups is 1. The molecule has 1 aliphatic heterocycles. The van der Waals surface area contributed by atoms with Crippen molar-refractivity contribution in [3.05, 3.63) is 65.8 Å². The third kappa shape index (κ3) is 4.67. The highest BCUT2D eigenvalue weighted by molar-refractivity contribution is 14.0. The second-order valence-electron chi connectivity index (χ2n) is 6.41. The Morgan fingerprint density at radius 3 is 2.61 bits per heavy atom. The minimum absolute atomic E-state index is 0. The standard InChI is InChI=1S/C20H24N6S.HI/c1-21-20(25-13-11-24(12-14-25)19-8-4-15-27-19)22-16-17-6-2-3-7-18(17)26-10-5-9-23-26;/h2-10,15H,11-14,16H2,1H3,(H,21,22);1H. The van der Waals surface area contributed by atoms with Crippen LogP contribution in [0.2, 0.25) is 0 Å². The number of piperazine rings is 1. The van der Waals surface area contributed by atoms with E-state index >= 15 is 0 Å². The van der Waals surface area contributed by atoms with Crippen LogP contribution in [0, 0.1) is 0 Å². The van der Waals surface area contributed by atoms with E-state index in [9.17, 15) is 0 Å². The fourth-order valence-electron chi connectivity index (χ4n) is 3.39. The summed E-state index contributed by atoms with van der Waals surface area (Å²) in [6.45, 7) is 4.70. The van der Waals surface area contributed by atoms with Crippen LogP contribution in [0.5, 0.6) is 0 Å². The molecule has 1 aromatic carbocycles. The van der Waals surface area contributed by atoms with E-state index < -0.39 is 0 Å². The lowest BCUT2D eigenvalue weighted by molar-refractivity contribution is 0.373. The molecule has 3 aromatic rings. The molecular formula is C20H25IN6S. The number of anilines is 1. The van der Waals surface area contributed by atoms with E-state index in [1.54, 1.807) is 17.5 Å². The molecule has 0 amide bonds. The second-order valence-corrected chi connectivity index (χ2v) is 7.33. The van der Waals surface area contributed by atoms with Crippen LogP contribution in [0.1, 0.15) is 5.56 Å². The van der Waals surface area contributed by atoms with Crippen molar-refractivity contribution in [1.29, 1.82) is 0 Å². The lowest BCUT2D eigenvalue weighted by Crippen LogP contribution is -2.52. The van der Waals surface area contributed by atoms with Crippen molar-refractivity contribution in [3.63, 3.8) is 0 Å². The number of rotatable bonds is 4. The van der Waals surface area contributed by atoms with Gasteiger partial charge in [-0.3, -0.25) is 4.99 Å². The van der Waals surface area contributed by atoms with Gasteiger partial charge in [0.25, 0.3) is 0 Å². The molecule has 148 valence electrons. The first-order valence-corrected chi connectivity index (χ1v) is 10.0. The zero-order valence-electron chi connectivity index (χ0n) is 15.9. The summed E-state index contributed by atoms with van der Waals surface area (Å²) in [7, 11) is 1.85. The predicted molar refractivity (Wildman–Crippen MR) is 127 cm³/mol. The van der Waals surface area contributed by atoms with Crippen LogP contribution in [-0.2, 0) is 6.54 Å². The highest BCUT2D eigenvalue weighted by Crippen LogP contribution is 2.22. The van der Waals surface area contributed by atoms with Crippen molar-refractivity contribution in [2.45, 2.75) is 6.54 Å². The highest BCUT2D eigenvalue weighted by atomic mass is 127. The Balaban J connectivity index is 0.00000225. The van der Waals surface area contributed by atoms with E-state index in [1.165, 1.54) is 10.6 Å². The lowest BCUT2D eigenvalue weighted by atomic mass is 10.2. The maximum atomic E-state index is 4.50. The summed E-state index contributed by atoms with van der Waals surface area (Å²) in [4.78, 5) is 9.28. The number of aromatic nitrogens is 2. The second kappa shape index (κ2) is 9.92. The maximum absolute atomic E-state index is 4.50. The van der Waals surface area contributed by atoms with Gasteiger partial charge in [-0.15, -0.1) is 35.3 Å². The van der Waals surface area contributed by atoms with Crippen molar-refractivity contribution in [1.82, 2.24) is 20.0 Å². The lowest BCUT2D eigenvalue weighted by Gasteiger charge is -2.37. The fourth-order valence-corrected chi connectivity index (χ4v) is 4.18. The Morgan fingerprint density at radius 2 is 1.93 bits per heavy atom. The van der Waals surface area contributed by atoms with Gasteiger partial charge >= 0.3 is 0 Å². The summed E-state index contributed by atoms with van der Waals surface area (Å²) in [5.74, 6) is 0.955. The molecule has 1 N–H and O–H groups in total. The van der Waals surface area contributed by atoms with Crippen LogP contribution in [0.3, 0.4) is 0 Å². The first kappa shape index (κ1) is 20.7. The third-order valence-corrected chi connectivity index (χ3v) is 5.72. The molecule has 0 radical (unpaired) electrons. The Kier molecular flexibility index (Phi) is 7.32. The Labute approximate surface area is 186 Å². The number of nitrogens with one attached hydrogen (secondary N) is 1. The van der Waals surface area contributed by atoms with Crippen molar-refractivity contribution in [2.24, 2.45) is 4.99 Å². The van der Waals surface area contributed by atoms with Gasteiger partial charge in [-0.05, 0) is 35.2 Å². The van der Waals surface area contributed by atoms with Gasteiger partial charge in [0.2, 0.25) is 0 Å². The molecule has 8 heteroatoms. The molecule has 1 aliphatic rings. The van der Waals surface area contributed by atoms with E-state index in [0.717, 1.165) is 37.8 Å². The zero-order chi connectivity index (χ0) is 18.5. The molecule has 0 spiro atoms. The van der Waals surface area contributed by atoms with Gasteiger partial charge in [-0.25, -0.2) is 4.68 Å². The van der Waals surface area contributed by atoms with Crippen LogP contribution >= 0.6 is 35.3 Å². The van der Waals surface area contributed by atoms with Crippen molar-refractivity contribution < 1.29 is 0 Å². The number of hydrogen-bond acceptors (Lipinski definition) is 4. The minimum atomic E-state index is 0. The summed E-state index contributed by atoms with van der Waals surface area (Å²) in [5.41, 5.74) is 2.28. The van der Waals surface area contributed by atoms with E-state index in [1.807, 2.05) is 30.1 Å². The number of nitrogens with zero attached hydrogens (tertiary/aromatic N) is 5. The van der Waals surface area contributed by atoms with Gasteiger partial charge in [-0.2, -0.15) is 5.10 Å². The van der Waals surface area contributed by atoms with Crippen LogP contribution in [0.4, 0.5) is 5.00 Å². The molecule has 0 saturated carbocycles. The van der Waals surface area contributed by atoms with Gasteiger partial charge in [0.1, 0.15) is 0 Å². The summed E-state index contributed by atoms with van der Waals surface area (Å²) in [6.07, 6.45) is 3.77.